The standard InChI is InChI=1S/C25H37N3O3/c1-5-8-17-28(22-13-12-15-26-18-22)25(29)19-27(21(4)6-2)16-11-9-10-14-24-23(7-3)30-20-31-24/h7,9-10,12-15,18,21H,5-6,8,11,16-17,19-20H2,1-4H3/b10-9+,23-7+,24-14+/t21-/m0/s1. The van der Waals surface area contributed by atoms with Crippen molar-refractivity contribution in [3.63, 3.8) is 0 Å². The Labute approximate surface area is 187 Å². The van der Waals surface area contributed by atoms with E-state index < -0.39 is 0 Å². The molecule has 2 rings (SSSR count). The van der Waals surface area contributed by atoms with Crippen LogP contribution in [0.4, 0.5) is 5.69 Å². The number of pyridine rings is 1. The van der Waals surface area contributed by atoms with Crippen molar-refractivity contribution < 1.29 is 14.3 Å². The van der Waals surface area contributed by atoms with Crippen LogP contribution in [0.2, 0.25) is 0 Å². The molecule has 1 aliphatic rings. The van der Waals surface area contributed by atoms with Crippen LogP contribution in [0.1, 0.15) is 53.4 Å². The Kier molecular flexibility index (Phi) is 10.9. The Balaban J connectivity index is 1.98. The maximum absolute atomic E-state index is 13.2. The molecule has 0 bridgehead atoms. The van der Waals surface area contributed by atoms with Gasteiger partial charge < -0.3 is 14.4 Å². The van der Waals surface area contributed by atoms with Crippen LogP contribution in [0.3, 0.4) is 0 Å². The lowest BCUT2D eigenvalue weighted by atomic mass is 10.2. The summed E-state index contributed by atoms with van der Waals surface area (Å²) in [5.74, 6) is 1.66. The van der Waals surface area contributed by atoms with Crippen LogP contribution >= 0.6 is 0 Å². The largest absolute Gasteiger partial charge is 0.454 e. The zero-order valence-electron chi connectivity index (χ0n) is 19.4. The molecular formula is C25H37N3O3. The van der Waals surface area contributed by atoms with Gasteiger partial charge in [-0.25, -0.2) is 0 Å². The van der Waals surface area contributed by atoms with Gasteiger partial charge in [0.05, 0.1) is 18.4 Å². The average Bonchev–Trinajstić information content (AvgIpc) is 3.26. The Morgan fingerprint density at radius 1 is 1.26 bits per heavy atom. The molecule has 0 N–H and O–H groups in total. The van der Waals surface area contributed by atoms with E-state index in [2.05, 4.69) is 36.7 Å². The number of allylic oxidation sites excluding steroid dienone is 3. The summed E-state index contributed by atoms with van der Waals surface area (Å²) in [4.78, 5) is 21.5. The fourth-order valence-electron chi connectivity index (χ4n) is 3.35. The topological polar surface area (TPSA) is 54.9 Å². The van der Waals surface area contributed by atoms with Gasteiger partial charge >= 0.3 is 0 Å². The first-order valence-electron chi connectivity index (χ1n) is 11.3. The van der Waals surface area contributed by atoms with Crippen molar-refractivity contribution in [1.82, 2.24) is 9.88 Å². The zero-order valence-corrected chi connectivity index (χ0v) is 19.4. The average molecular weight is 428 g/mol. The molecule has 1 fully saturated rings. The molecule has 1 aliphatic heterocycles. The van der Waals surface area contributed by atoms with Crippen molar-refractivity contribution in [2.75, 3.05) is 31.3 Å². The van der Waals surface area contributed by atoms with E-state index in [-0.39, 0.29) is 12.7 Å². The van der Waals surface area contributed by atoms with Gasteiger partial charge in [-0.15, -0.1) is 0 Å². The molecule has 0 aliphatic carbocycles. The fraction of sp³-hybridized carbons (Fsp3) is 0.520. The van der Waals surface area contributed by atoms with Gasteiger partial charge in [-0.1, -0.05) is 32.4 Å². The number of hydrogen-bond donors (Lipinski definition) is 0. The number of aromatic nitrogens is 1. The fourth-order valence-corrected chi connectivity index (χ4v) is 3.35. The van der Waals surface area contributed by atoms with Crippen LogP contribution in [-0.4, -0.2) is 48.3 Å². The number of hydrogen-bond acceptors (Lipinski definition) is 5. The molecule has 0 radical (unpaired) electrons. The van der Waals surface area contributed by atoms with E-state index in [4.69, 9.17) is 9.47 Å². The lowest BCUT2D eigenvalue weighted by molar-refractivity contribution is -0.120. The van der Waals surface area contributed by atoms with Crippen molar-refractivity contribution in [2.45, 2.75) is 59.4 Å². The molecule has 0 saturated carbocycles. The zero-order chi connectivity index (χ0) is 22.5. The summed E-state index contributed by atoms with van der Waals surface area (Å²) in [5, 5.41) is 0. The Morgan fingerprint density at radius 3 is 2.74 bits per heavy atom. The van der Waals surface area contributed by atoms with Gasteiger partial charge in [0.1, 0.15) is 0 Å². The third kappa shape index (κ3) is 7.87. The molecule has 1 atom stereocenters. The van der Waals surface area contributed by atoms with Gasteiger partial charge in [0.15, 0.2) is 11.5 Å². The second-order valence-electron chi connectivity index (χ2n) is 7.65. The van der Waals surface area contributed by atoms with Crippen LogP contribution in [0.15, 0.2) is 60.3 Å². The Hall–Kier alpha value is -2.60. The summed E-state index contributed by atoms with van der Waals surface area (Å²) >= 11 is 0. The molecule has 170 valence electrons. The van der Waals surface area contributed by atoms with E-state index in [9.17, 15) is 4.79 Å². The van der Waals surface area contributed by atoms with Gasteiger partial charge in [0, 0.05) is 25.3 Å². The maximum Gasteiger partial charge on any atom is 0.241 e. The number of carbonyl (C=O) groups is 1. The minimum Gasteiger partial charge on any atom is -0.454 e. The molecule has 1 aromatic heterocycles. The molecular weight excluding hydrogens is 390 g/mol. The van der Waals surface area contributed by atoms with E-state index >= 15 is 0 Å². The van der Waals surface area contributed by atoms with E-state index in [1.807, 2.05) is 42.2 Å². The first-order valence-corrected chi connectivity index (χ1v) is 11.3. The van der Waals surface area contributed by atoms with Gasteiger partial charge in [-0.05, 0) is 57.4 Å². The van der Waals surface area contributed by atoms with E-state index in [0.717, 1.165) is 56.0 Å². The smallest absolute Gasteiger partial charge is 0.241 e. The number of carbonyl (C=O) groups excluding carboxylic acids is 1. The monoisotopic (exact) mass is 427 g/mol. The second-order valence-corrected chi connectivity index (χ2v) is 7.65. The summed E-state index contributed by atoms with van der Waals surface area (Å²) in [5.41, 5.74) is 0.870. The van der Waals surface area contributed by atoms with E-state index in [0.29, 0.717) is 12.6 Å². The number of anilines is 1. The van der Waals surface area contributed by atoms with Gasteiger partial charge in [-0.3, -0.25) is 14.7 Å². The lowest BCUT2D eigenvalue weighted by Crippen LogP contribution is -2.44. The molecule has 1 amide bonds. The van der Waals surface area contributed by atoms with Crippen molar-refractivity contribution in [3.05, 3.63) is 60.3 Å². The molecule has 6 nitrogen and oxygen atoms in total. The summed E-state index contributed by atoms with van der Waals surface area (Å²) in [6.45, 7) is 10.6. The predicted octanol–water partition coefficient (Wildman–Crippen LogP) is 5.05. The summed E-state index contributed by atoms with van der Waals surface area (Å²) in [7, 11) is 0. The normalized spacial score (nSPS) is 17.3. The molecule has 31 heavy (non-hydrogen) atoms. The first kappa shape index (κ1) is 24.7. The minimum absolute atomic E-state index is 0.127. The predicted molar refractivity (Wildman–Crippen MR) is 125 cm³/mol. The molecule has 0 unspecified atom stereocenters. The van der Waals surface area contributed by atoms with Gasteiger partial charge in [-0.2, -0.15) is 0 Å². The van der Waals surface area contributed by atoms with Gasteiger partial charge in [0.2, 0.25) is 12.7 Å². The highest BCUT2D eigenvalue weighted by Crippen LogP contribution is 2.20. The quantitative estimate of drug-likeness (QED) is 0.467. The van der Waals surface area contributed by atoms with Crippen molar-refractivity contribution in [3.8, 4) is 0 Å². The lowest BCUT2D eigenvalue weighted by Gasteiger charge is -2.30. The second kappa shape index (κ2) is 13.7. The Bertz CT molecular complexity index is 759. The third-order valence-electron chi connectivity index (χ3n) is 5.45. The highest BCUT2D eigenvalue weighted by Gasteiger charge is 2.21. The molecule has 0 aromatic carbocycles. The summed E-state index contributed by atoms with van der Waals surface area (Å²) in [6, 6.07) is 4.17. The number of nitrogens with zero attached hydrogens (tertiary/aromatic N) is 3. The molecule has 1 aromatic rings. The number of unbranched alkanes of at least 4 members (excludes halogenated alkanes) is 1. The highest BCUT2D eigenvalue weighted by molar-refractivity contribution is 5.94. The first-order chi connectivity index (χ1) is 15.1. The van der Waals surface area contributed by atoms with Crippen LogP contribution in [0, 0.1) is 0 Å². The van der Waals surface area contributed by atoms with Crippen LogP contribution in [0.5, 0.6) is 0 Å². The molecule has 2 heterocycles. The van der Waals surface area contributed by atoms with Crippen LogP contribution < -0.4 is 4.90 Å². The molecule has 0 spiro atoms. The van der Waals surface area contributed by atoms with Crippen molar-refractivity contribution >= 4 is 11.6 Å². The summed E-state index contributed by atoms with van der Waals surface area (Å²) < 4.78 is 10.8. The number of ether oxygens (including phenoxy) is 2. The Morgan fingerprint density at radius 2 is 2.06 bits per heavy atom. The molecule has 1 saturated heterocycles. The van der Waals surface area contributed by atoms with Gasteiger partial charge in [0.25, 0.3) is 0 Å². The SMILES string of the molecule is C/C=C1/OCO/C1=C/C=C/CCN(CC(=O)N(CCCC)c1cccnc1)[C@@H](C)CC. The van der Waals surface area contributed by atoms with E-state index in [1.54, 1.807) is 12.4 Å². The number of rotatable bonds is 12. The van der Waals surface area contributed by atoms with Crippen LogP contribution in [0.25, 0.3) is 0 Å². The van der Waals surface area contributed by atoms with Crippen molar-refractivity contribution in [1.29, 1.82) is 0 Å². The highest BCUT2D eigenvalue weighted by atomic mass is 16.7. The minimum atomic E-state index is 0.127. The molecule has 6 heteroatoms. The maximum atomic E-state index is 13.2. The summed E-state index contributed by atoms with van der Waals surface area (Å²) in [6.07, 6.45) is 15.3. The number of amides is 1. The third-order valence-corrected chi connectivity index (χ3v) is 5.45. The van der Waals surface area contributed by atoms with Crippen LogP contribution in [-0.2, 0) is 14.3 Å². The van der Waals surface area contributed by atoms with E-state index in [1.165, 1.54) is 0 Å². The van der Waals surface area contributed by atoms with Crippen molar-refractivity contribution in [2.24, 2.45) is 0 Å².